The summed E-state index contributed by atoms with van der Waals surface area (Å²) in [4.78, 5) is 12.8. The van der Waals surface area contributed by atoms with Gasteiger partial charge in [0.15, 0.2) is 6.10 Å². The predicted molar refractivity (Wildman–Crippen MR) is 108 cm³/mol. The molecule has 150 valence electrons. The summed E-state index contributed by atoms with van der Waals surface area (Å²) in [5.41, 5.74) is 1.28. The zero-order chi connectivity index (χ0) is 20.0. The monoisotopic (exact) mass is 402 g/mol. The number of carbonyl (C=O) groups is 1. The summed E-state index contributed by atoms with van der Waals surface area (Å²) in [5.74, 6) is -0.308. The SMILES string of the molecule is COC(C(=O)Nc1ccc(S(=O)(=O)N2CCCCCC2)cc1)c1ccccc1. The van der Waals surface area contributed by atoms with Crippen LogP contribution in [0.3, 0.4) is 0 Å². The molecule has 1 heterocycles. The van der Waals surface area contributed by atoms with Crippen molar-refractivity contribution in [1.29, 1.82) is 0 Å². The molecule has 2 aromatic carbocycles. The Morgan fingerprint density at radius 3 is 2.14 bits per heavy atom. The Morgan fingerprint density at radius 2 is 1.57 bits per heavy atom. The number of nitrogens with zero attached hydrogens (tertiary/aromatic N) is 1. The molecule has 28 heavy (non-hydrogen) atoms. The van der Waals surface area contributed by atoms with Crippen LogP contribution in [0.1, 0.15) is 37.4 Å². The third-order valence-corrected chi connectivity index (χ3v) is 6.81. The van der Waals surface area contributed by atoms with Crippen LogP contribution in [0.4, 0.5) is 5.69 Å². The topological polar surface area (TPSA) is 75.7 Å². The molecule has 0 aromatic heterocycles. The number of nitrogens with one attached hydrogen (secondary N) is 1. The molecule has 1 aliphatic rings. The highest BCUT2D eigenvalue weighted by Gasteiger charge is 2.25. The number of hydrogen-bond donors (Lipinski definition) is 1. The minimum absolute atomic E-state index is 0.249. The van der Waals surface area contributed by atoms with Gasteiger partial charge in [-0.1, -0.05) is 43.2 Å². The number of carbonyl (C=O) groups excluding carboxylic acids is 1. The van der Waals surface area contributed by atoms with E-state index in [0.717, 1.165) is 31.2 Å². The van der Waals surface area contributed by atoms with Gasteiger partial charge in [-0.25, -0.2) is 8.42 Å². The molecule has 2 aromatic rings. The fourth-order valence-electron chi connectivity index (χ4n) is 3.37. The van der Waals surface area contributed by atoms with E-state index in [9.17, 15) is 13.2 Å². The lowest BCUT2D eigenvalue weighted by atomic mass is 10.1. The Labute approximate surface area is 166 Å². The second-order valence-electron chi connectivity index (χ2n) is 6.86. The molecule has 1 aliphatic heterocycles. The van der Waals surface area contributed by atoms with E-state index < -0.39 is 16.1 Å². The first-order valence-corrected chi connectivity index (χ1v) is 11.0. The van der Waals surface area contributed by atoms with Crippen molar-refractivity contribution in [3.8, 4) is 0 Å². The van der Waals surface area contributed by atoms with Crippen LogP contribution < -0.4 is 5.32 Å². The number of anilines is 1. The highest BCUT2D eigenvalue weighted by Crippen LogP contribution is 2.23. The molecule has 1 unspecified atom stereocenters. The minimum Gasteiger partial charge on any atom is -0.367 e. The van der Waals surface area contributed by atoms with Gasteiger partial charge in [-0.15, -0.1) is 0 Å². The Hall–Kier alpha value is -2.22. The number of rotatable bonds is 6. The zero-order valence-electron chi connectivity index (χ0n) is 16.0. The van der Waals surface area contributed by atoms with Crippen molar-refractivity contribution in [1.82, 2.24) is 4.31 Å². The molecular formula is C21H26N2O4S. The van der Waals surface area contributed by atoms with Crippen LogP contribution in [0, 0.1) is 0 Å². The van der Waals surface area contributed by atoms with Crippen molar-refractivity contribution in [3.63, 3.8) is 0 Å². The van der Waals surface area contributed by atoms with Crippen LogP contribution in [0.5, 0.6) is 0 Å². The maximum atomic E-state index is 12.8. The molecule has 6 nitrogen and oxygen atoms in total. The number of sulfonamides is 1. The number of ether oxygens (including phenoxy) is 1. The summed E-state index contributed by atoms with van der Waals surface area (Å²) in [6, 6.07) is 15.5. The second-order valence-corrected chi connectivity index (χ2v) is 8.80. The Balaban J connectivity index is 1.71. The number of amides is 1. The lowest BCUT2D eigenvalue weighted by Crippen LogP contribution is -2.31. The molecule has 0 spiro atoms. The normalized spacial score (nSPS) is 16.9. The Kier molecular flexibility index (Phi) is 6.83. The summed E-state index contributed by atoms with van der Waals surface area (Å²) in [6.07, 6.45) is 3.19. The maximum absolute atomic E-state index is 12.8. The van der Waals surface area contributed by atoms with Crippen molar-refractivity contribution < 1.29 is 17.9 Å². The number of benzene rings is 2. The van der Waals surface area contributed by atoms with Crippen molar-refractivity contribution >= 4 is 21.6 Å². The van der Waals surface area contributed by atoms with Crippen LogP contribution in [0.25, 0.3) is 0 Å². The summed E-state index contributed by atoms with van der Waals surface area (Å²) >= 11 is 0. The molecule has 1 saturated heterocycles. The lowest BCUT2D eigenvalue weighted by molar-refractivity contribution is -0.126. The number of methoxy groups -OCH3 is 1. The van der Waals surface area contributed by atoms with E-state index in [1.807, 2.05) is 30.3 Å². The van der Waals surface area contributed by atoms with Crippen molar-refractivity contribution in [2.45, 2.75) is 36.7 Å². The van der Waals surface area contributed by atoms with Crippen LogP contribution in [0.15, 0.2) is 59.5 Å². The minimum atomic E-state index is -3.50. The van der Waals surface area contributed by atoms with E-state index in [2.05, 4.69) is 5.32 Å². The third kappa shape index (κ3) is 4.79. The van der Waals surface area contributed by atoms with Gasteiger partial charge in [0.1, 0.15) is 0 Å². The fraction of sp³-hybridized carbons (Fsp3) is 0.381. The standard InChI is InChI=1S/C21H26N2O4S/c1-27-20(17-9-5-4-6-10-17)21(24)22-18-11-13-19(14-12-18)28(25,26)23-15-7-2-3-8-16-23/h4-6,9-14,20H,2-3,7-8,15-16H2,1H3,(H,22,24). The average Bonchev–Trinajstić information content (AvgIpc) is 3.00. The van der Waals surface area contributed by atoms with Gasteiger partial charge in [0.05, 0.1) is 4.90 Å². The van der Waals surface area contributed by atoms with E-state index in [0.29, 0.717) is 18.8 Å². The number of hydrogen-bond acceptors (Lipinski definition) is 4. The van der Waals surface area contributed by atoms with Crippen LogP contribution in [-0.2, 0) is 19.6 Å². The van der Waals surface area contributed by atoms with E-state index in [-0.39, 0.29) is 10.8 Å². The summed E-state index contributed by atoms with van der Waals surface area (Å²) in [5, 5.41) is 2.79. The average molecular weight is 403 g/mol. The van der Waals surface area contributed by atoms with Gasteiger partial charge in [-0.2, -0.15) is 4.31 Å². The van der Waals surface area contributed by atoms with E-state index in [4.69, 9.17) is 4.74 Å². The molecule has 0 aliphatic carbocycles. The van der Waals surface area contributed by atoms with Crippen LogP contribution in [-0.4, -0.2) is 38.8 Å². The lowest BCUT2D eigenvalue weighted by Gasteiger charge is -2.20. The third-order valence-electron chi connectivity index (χ3n) is 4.90. The molecule has 3 rings (SSSR count). The molecule has 1 atom stereocenters. The fourth-order valence-corrected chi connectivity index (χ4v) is 4.89. The summed E-state index contributed by atoms with van der Waals surface area (Å²) in [7, 11) is -2.02. The quantitative estimate of drug-likeness (QED) is 0.801. The maximum Gasteiger partial charge on any atom is 0.258 e. The van der Waals surface area contributed by atoms with E-state index in [1.54, 1.807) is 28.6 Å². The molecule has 0 bridgehead atoms. The van der Waals surface area contributed by atoms with Crippen molar-refractivity contribution in [3.05, 3.63) is 60.2 Å². The molecule has 1 amide bonds. The van der Waals surface area contributed by atoms with Crippen molar-refractivity contribution in [2.24, 2.45) is 0 Å². The van der Waals surface area contributed by atoms with Crippen LogP contribution >= 0.6 is 0 Å². The zero-order valence-corrected chi connectivity index (χ0v) is 16.8. The second kappa shape index (κ2) is 9.32. The predicted octanol–water partition coefficient (Wildman–Crippen LogP) is 3.58. The van der Waals surface area contributed by atoms with Crippen LogP contribution in [0.2, 0.25) is 0 Å². The Morgan fingerprint density at radius 1 is 0.964 bits per heavy atom. The molecule has 7 heteroatoms. The molecular weight excluding hydrogens is 376 g/mol. The van der Waals surface area contributed by atoms with E-state index in [1.165, 1.54) is 7.11 Å². The highest BCUT2D eigenvalue weighted by molar-refractivity contribution is 7.89. The van der Waals surface area contributed by atoms with Gasteiger partial charge < -0.3 is 10.1 Å². The molecule has 1 fully saturated rings. The van der Waals surface area contributed by atoms with Gasteiger partial charge >= 0.3 is 0 Å². The van der Waals surface area contributed by atoms with Crippen molar-refractivity contribution in [2.75, 3.05) is 25.5 Å². The molecule has 0 saturated carbocycles. The molecule has 1 N–H and O–H groups in total. The first kappa shape index (κ1) is 20.5. The highest BCUT2D eigenvalue weighted by atomic mass is 32.2. The summed E-state index contributed by atoms with van der Waals surface area (Å²) in [6.45, 7) is 1.13. The first-order valence-electron chi connectivity index (χ1n) is 9.51. The summed E-state index contributed by atoms with van der Waals surface area (Å²) < 4.78 is 32.5. The van der Waals surface area contributed by atoms with Gasteiger partial charge in [0.2, 0.25) is 10.0 Å². The van der Waals surface area contributed by atoms with Gasteiger partial charge in [0, 0.05) is 25.9 Å². The molecule has 0 radical (unpaired) electrons. The van der Waals surface area contributed by atoms with Gasteiger partial charge in [-0.3, -0.25) is 4.79 Å². The van der Waals surface area contributed by atoms with Gasteiger partial charge in [-0.05, 0) is 42.7 Å². The smallest absolute Gasteiger partial charge is 0.258 e. The largest absolute Gasteiger partial charge is 0.367 e. The Bertz CT molecular complexity index is 874. The van der Waals surface area contributed by atoms with E-state index >= 15 is 0 Å². The van der Waals surface area contributed by atoms with Gasteiger partial charge in [0.25, 0.3) is 5.91 Å². The first-order chi connectivity index (χ1) is 13.5.